The molecule has 0 aliphatic heterocycles. The third kappa shape index (κ3) is 12.6. The summed E-state index contributed by atoms with van der Waals surface area (Å²) in [5.74, 6) is 0. The van der Waals surface area contributed by atoms with E-state index in [1.165, 1.54) is 0 Å². The van der Waals surface area contributed by atoms with E-state index in [0.717, 1.165) is 0 Å². The van der Waals surface area contributed by atoms with E-state index in [9.17, 15) is 0 Å². The van der Waals surface area contributed by atoms with Gasteiger partial charge in [0.15, 0.2) is 0 Å². The summed E-state index contributed by atoms with van der Waals surface area (Å²) in [5, 5.41) is 0. The molecule has 0 bridgehead atoms. The topological polar surface area (TPSA) is 34.1 Å². The third-order valence-electron chi connectivity index (χ3n) is 0. The maximum absolute atomic E-state index is 7.75. The molecule has 18 valence electrons. The van der Waals surface area contributed by atoms with Gasteiger partial charge >= 0.3 is 24.8 Å². The predicted octanol–water partition coefficient (Wildman–Crippen LogP) is -0.999. The molecule has 0 saturated heterocycles. The van der Waals surface area contributed by atoms with E-state index in [1.807, 2.05) is 0 Å². The Balaban J connectivity index is 0. The van der Waals surface area contributed by atoms with E-state index in [2.05, 4.69) is 15.4 Å². The zero-order valence-corrected chi connectivity index (χ0v) is 1.97. The van der Waals surface area contributed by atoms with Crippen molar-refractivity contribution < 1.29 is 9.41 Å². The Kier molecular flexibility index (Phi) is 260. The van der Waals surface area contributed by atoms with Crippen molar-refractivity contribution in [3.63, 3.8) is 0 Å². The summed E-state index contributed by atoms with van der Waals surface area (Å²) >= 11 is 0. The molecule has 0 aliphatic rings. The molecular formula is B2O2. The van der Waals surface area contributed by atoms with Gasteiger partial charge in [-0.15, -0.1) is 0 Å². The molecule has 0 saturated carbocycles. The van der Waals surface area contributed by atoms with Crippen molar-refractivity contribution in [1.29, 1.82) is 0 Å². The fourth-order valence-electron chi connectivity index (χ4n) is 0. The van der Waals surface area contributed by atoms with Crippen LogP contribution in [0.1, 0.15) is 0 Å². The molecular weight excluding hydrogens is 53.6 g/mol. The minimum atomic E-state index is 3.25. The van der Waals surface area contributed by atoms with E-state index in [1.54, 1.807) is 0 Å². The molecule has 0 unspecified atom stereocenters. The molecule has 0 rings (SSSR count). The van der Waals surface area contributed by atoms with Crippen LogP contribution in [0.25, 0.3) is 0 Å². The molecule has 2 nitrogen and oxygen atoms in total. The second-order valence-electron chi connectivity index (χ2n) is 0. The summed E-state index contributed by atoms with van der Waals surface area (Å²) in [6, 6.07) is 0. The van der Waals surface area contributed by atoms with Crippen molar-refractivity contribution in [3.05, 3.63) is 0 Å². The van der Waals surface area contributed by atoms with Crippen LogP contribution < -0.4 is 0 Å². The Bertz CT molecular complexity index is 6.00. The monoisotopic (exact) mass is 54.0 g/mol. The zero-order valence-electron chi connectivity index (χ0n) is 1.97. The Morgan fingerprint density at radius 3 is 0.750 bits per heavy atom. The first kappa shape index (κ1) is 9.29. The first-order valence-corrected chi connectivity index (χ1v) is 0.471. The quantitative estimate of drug-likeness (QED) is 0.332. The van der Waals surface area contributed by atoms with Gasteiger partial charge in [-0.3, -0.25) is 0 Å². The summed E-state index contributed by atoms with van der Waals surface area (Å²) in [6.45, 7) is 0. The molecule has 0 atom stereocenters. The molecule has 2 radical (unpaired) electrons. The summed E-state index contributed by atoms with van der Waals surface area (Å²) in [4.78, 5) is 0. The van der Waals surface area contributed by atoms with Gasteiger partial charge in [0.1, 0.15) is 0 Å². The number of hydrogen-bond acceptors (Lipinski definition) is 2. The molecule has 0 amide bonds. The Labute approximate surface area is 26.0 Å². The van der Waals surface area contributed by atoms with E-state index >= 15 is 0 Å². The second-order valence-corrected chi connectivity index (χ2v) is 0. The van der Waals surface area contributed by atoms with Gasteiger partial charge in [-0.1, -0.05) is 0 Å². The predicted molar refractivity (Wildman–Crippen MR) is 12.9 cm³/mol. The van der Waals surface area contributed by atoms with Crippen LogP contribution in [-0.4, -0.2) is 15.4 Å². The van der Waals surface area contributed by atoms with E-state index in [4.69, 9.17) is 9.41 Å². The van der Waals surface area contributed by atoms with Crippen molar-refractivity contribution in [2.45, 2.75) is 0 Å². The second kappa shape index (κ2) is 112. The van der Waals surface area contributed by atoms with Crippen LogP contribution in [0, 0.1) is 0 Å². The van der Waals surface area contributed by atoms with Crippen LogP contribution in [0.3, 0.4) is 0 Å². The SMILES string of the molecule is [B]=O.[B]=O. The molecule has 4 heteroatoms. The average Bonchev–Trinajstić information content (AvgIpc) is 1.50. The van der Waals surface area contributed by atoms with Crippen LogP contribution in [0.4, 0.5) is 0 Å². The first-order valence-electron chi connectivity index (χ1n) is 0.471. The van der Waals surface area contributed by atoms with Crippen LogP contribution in [0.2, 0.25) is 0 Å². The Hall–Kier alpha value is -0.270. The molecule has 0 aromatic rings. The van der Waals surface area contributed by atoms with Crippen molar-refractivity contribution >= 4 is 15.4 Å². The van der Waals surface area contributed by atoms with Gasteiger partial charge in [0.2, 0.25) is 0 Å². The number of hydrogen-bond donors (Lipinski definition) is 0. The van der Waals surface area contributed by atoms with Gasteiger partial charge < -0.3 is 0 Å². The van der Waals surface area contributed by atoms with Crippen LogP contribution in [0.5, 0.6) is 0 Å². The maximum atomic E-state index is 7.75. The fraction of sp³-hybridized carbons (Fsp3) is 0. The Morgan fingerprint density at radius 2 is 0.750 bits per heavy atom. The van der Waals surface area contributed by atoms with Gasteiger partial charge in [0.25, 0.3) is 0 Å². The molecule has 0 aromatic carbocycles. The molecule has 0 N–H and O–H groups in total. The normalized spacial score (nSPS) is 1.50. The molecule has 4 heavy (non-hydrogen) atoms. The molecule has 0 aliphatic carbocycles. The van der Waals surface area contributed by atoms with Crippen LogP contribution in [-0.2, 0) is 9.41 Å². The van der Waals surface area contributed by atoms with Crippen molar-refractivity contribution in [2.24, 2.45) is 0 Å². The van der Waals surface area contributed by atoms with Crippen molar-refractivity contribution in [2.75, 3.05) is 0 Å². The molecule has 0 aromatic heterocycles. The zero-order chi connectivity index (χ0) is 4.00. The van der Waals surface area contributed by atoms with E-state index in [0.29, 0.717) is 0 Å². The fourth-order valence-corrected chi connectivity index (χ4v) is 0. The molecule has 0 spiro atoms. The van der Waals surface area contributed by atoms with E-state index < -0.39 is 0 Å². The summed E-state index contributed by atoms with van der Waals surface area (Å²) in [7, 11) is 6.50. The van der Waals surface area contributed by atoms with Gasteiger partial charge in [-0.2, -0.15) is 0 Å². The average molecular weight is 53.6 g/mol. The van der Waals surface area contributed by atoms with Gasteiger partial charge in [-0.25, -0.2) is 0 Å². The summed E-state index contributed by atoms with van der Waals surface area (Å²) in [6.07, 6.45) is 0. The van der Waals surface area contributed by atoms with Crippen molar-refractivity contribution in [3.8, 4) is 0 Å². The number of rotatable bonds is 0. The Morgan fingerprint density at radius 1 is 0.750 bits per heavy atom. The van der Waals surface area contributed by atoms with Gasteiger partial charge in [-0.05, 0) is 0 Å². The minimum absolute atomic E-state index is 3.25. The standard InChI is InChI=1S/2BO/c2*1-2. The van der Waals surface area contributed by atoms with Crippen LogP contribution in [0.15, 0.2) is 0 Å². The third-order valence-corrected chi connectivity index (χ3v) is 0. The molecule has 0 heterocycles. The van der Waals surface area contributed by atoms with Gasteiger partial charge in [0, 0.05) is 0 Å². The van der Waals surface area contributed by atoms with Gasteiger partial charge in [0.05, 0.1) is 0 Å². The summed E-state index contributed by atoms with van der Waals surface area (Å²) in [5.41, 5.74) is 0. The van der Waals surface area contributed by atoms with Crippen LogP contribution >= 0.6 is 0 Å². The summed E-state index contributed by atoms with van der Waals surface area (Å²) < 4.78 is 15.5. The first-order chi connectivity index (χ1) is 2.00. The van der Waals surface area contributed by atoms with E-state index in [-0.39, 0.29) is 0 Å². The van der Waals surface area contributed by atoms with Crippen molar-refractivity contribution in [1.82, 2.24) is 0 Å². The molecule has 0 fully saturated rings.